The molecule has 1 N–H and O–H groups in total. The smallest absolute Gasteiger partial charge is 0.224 e. The lowest BCUT2D eigenvalue weighted by Crippen LogP contribution is -2.32. The normalized spacial score (nSPS) is 16.6. The second kappa shape index (κ2) is 5.36. The molecule has 0 unspecified atom stereocenters. The molecule has 0 spiro atoms. The zero-order valence-electron chi connectivity index (χ0n) is 9.90. The molecular weight excluding hydrogens is 250 g/mol. The van der Waals surface area contributed by atoms with Gasteiger partial charge in [-0.2, -0.15) is 11.8 Å². The Kier molecular flexibility index (Phi) is 4.05. The topological polar surface area (TPSA) is 29.1 Å². The number of amides is 1. The number of carbonyl (C=O) groups excluding carboxylic acids is 1. The van der Waals surface area contributed by atoms with Crippen LogP contribution in [0.5, 0.6) is 0 Å². The molecule has 0 bridgehead atoms. The van der Waals surface area contributed by atoms with E-state index < -0.39 is 0 Å². The number of thiol groups is 1. The quantitative estimate of drug-likeness (QED) is 0.803. The van der Waals surface area contributed by atoms with Gasteiger partial charge in [-0.3, -0.25) is 4.79 Å². The van der Waals surface area contributed by atoms with Crippen molar-refractivity contribution < 1.29 is 4.79 Å². The lowest BCUT2D eigenvalue weighted by atomic mass is 10.1. The van der Waals surface area contributed by atoms with Crippen molar-refractivity contribution in [1.82, 2.24) is 5.32 Å². The molecule has 4 heteroatoms. The lowest BCUT2D eigenvalue weighted by molar-refractivity contribution is -0.120. The minimum Gasteiger partial charge on any atom is -0.354 e. The Labute approximate surface area is 112 Å². The lowest BCUT2D eigenvalue weighted by Gasteiger charge is -2.13. The molecule has 0 heterocycles. The molecule has 0 aliphatic heterocycles. The molecule has 1 amide bonds. The first-order valence-electron chi connectivity index (χ1n) is 5.73. The van der Waals surface area contributed by atoms with Crippen molar-refractivity contribution in [1.29, 1.82) is 0 Å². The number of carbonyl (C=O) groups is 1. The van der Waals surface area contributed by atoms with E-state index in [4.69, 9.17) is 0 Å². The molecule has 0 radical (unpaired) electrons. The van der Waals surface area contributed by atoms with E-state index in [9.17, 15) is 4.79 Å². The van der Waals surface area contributed by atoms with Gasteiger partial charge in [0.05, 0.1) is 6.42 Å². The van der Waals surface area contributed by atoms with Crippen molar-refractivity contribution in [3.8, 4) is 0 Å². The first kappa shape index (κ1) is 12.8. The highest BCUT2D eigenvalue weighted by Gasteiger charge is 2.41. The van der Waals surface area contributed by atoms with Gasteiger partial charge in [0.15, 0.2) is 0 Å². The van der Waals surface area contributed by atoms with Crippen molar-refractivity contribution in [2.75, 3.05) is 12.8 Å². The van der Waals surface area contributed by atoms with Crippen LogP contribution in [0.15, 0.2) is 29.2 Å². The largest absolute Gasteiger partial charge is 0.354 e. The summed E-state index contributed by atoms with van der Waals surface area (Å²) in [5.41, 5.74) is 1.04. The summed E-state index contributed by atoms with van der Waals surface area (Å²) in [6, 6.07) is 7.72. The van der Waals surface area contributed by atoms with Crippen molar-refractivity contribution >= 4 is 30.3 Å². The Morgan fingerprint density at radius 2 is 2.06 bits per heavy atom. The fourth-order valence-electron chi connectivity index (χ4n) is 1.71. The van der Waals surface area contributed by atoms with Crippen LogP contribution in [0.2, 0.25) is 0 Å². The molecule has 1 aliphatic carbocycles. The highest BCUT2D eigenvalue weighted by molar-refractivity contribution is 8.00. The van der Waals surface area contributed by atoms with Gasteiger partial charge in [0.1, 0.15) is 0 Å². The van der Waals surface area contributed by atoms with Crippen LogP contribution in [0.25, 0.3) is 0 Å². The van der Waals surface area contributed by atoms with Crippen LogP contribution in [0.1, 0.15) is 18.4 Å². The number of rotatable bonds is 5. The third-order valence-electron chi connectivity index (χ3n) is 3.15. The van der Waals surface area contributed by atoms with Crippen molar-refractivity contribution in [2.45, 2.75) is 28.9 Å². The van der Waals surface area contributed by atoms with Gasteiger partial charge in [-0.15, -0.1) is 12.6 Å². The van der Waals surface area contributed by atoms with Crippen LogP contribution in [0, 0.1) is 0 Å². The number of hydrogen-bond donors (Lipinski definition) is 2. The van der Waals surface area contributed by atoms with E-state index in [0.717, 1.165) is 17.0 Å². The third-order valence-corrected chi connectivity index (χ3v) is 4.87. The highest BCUT2D eigenvalue weighted by atomic mass is 32.2. The van der Waals surface area contributed by atoms with Gasteiger partial charge in [-0.05, 0) is 36.8 Å². The number of benzene rings is 1. The van der Waals surface area contributed by atoms with E-state index in [-0.39, 0.29) is 5.91 Å². The Morgan fingerprint density at radius 3 is 2.59 bits per heavy atom. The molecule has 1 saturated carbocycles. The molecule has 1 fully saturated rings. The SMILES string of the molecule is CSC1(CNC(=O)Cc2ccc(S)cc2)CC1. The number of hydrogen-bond acceptors (Lipinski definition) is 3. The van der Waals surface area contributed by atoms with Crippen molar-refractivity contribution in [3.63, 3.8) is 0 Å². The fraction of sp³-hybridized carbons (Fsp3) is 0.462. The van der Waals surface area contributed by atoms with Crippen LogP contribution in [0.4, 0.5) is 0 Å². The summed E-state index contributed by atoms with van der Waals surface area (Å²) < 4.78 is 0.338. The molecule has 2 nitrogen and oxygen atoms in total. The van der Waals surface area contributed by atoms with Crippen LogP contribution in [-0.2, 0) is 11.2 Å². The molecular formula is C13H17NOS2. The summed E-state index contributed by atoms with van der Waals surface area (Å²) in [6.45, 7) is 0.803. The fourth-order valence-corrected chi connectivity index (χ4v) is 2.59. The Bertz CT molecular complexity index is 398. The summed E-state index contributed by atoms with van der Waals surface area (Å²) in [7, 11) is 0. The van der Waals surface area contributed by atoms with E-state index in [1.165, 1.54) is 12.8 Å². The summed E-state index contributed by atoms with van der Waals surface area (Å²) in [5, 5.41) is 3.02. The number of thioether (sulfide) groups is 1. The second-order valence-electron chi connectivity index (χ2n) is 4.51. The summed E-state index contributed by atoms with van der Waals surface area (Å²) in [6.07, 6.45) is 5.02. The molecule has 0 atom stereocenters. The molecule has 1 aromatic carbocycles. The summed E-state index contributed by atoms with van der Waals surface area (Å²) in [4.78, 5) is 12.7. The number of nitrogens with one attached hydrogen (secondary N) is 1. The van der Waals surface area contributed by atoms with Crippen molar-refractivity contribution in [3.05, 3.63) is 29.8 Å². The predicted molar refractivity (Wildman–Crippen MR) is 75.9 cm³/mol. The zero-order chi connectivity index (χ0) is 12.3. The third kappa shape index (κ3) is 3.68. The first-order chi connectivity index (χ1) is 8.13. The average molecular weight is 267 g/mol. The Hall–Kier alpha value is -0.610. The van der Waals surface area contributed by atoms with Gasteiger partial charge < -0.3 is 5.32 Å². The van der Waals surface area contributed by atoms with Crippen LogP contribution < -0.4 is 5.32 Å². The minimum absolute atomic E-state index is 0.109. The monoisotopic (exact) mass is 267 g/mol. The average Bonchev–Trinajstić information content (AvgIpc) is 3.10. The molecule has 1 aromatic rings. The van der Waals surface area contributed by atoms with Crippen LogP contribution in [0.3, 0.4) is 0 Å². The maximum absolute atomic E-state index is 11.7. The van der Waals surface area contributed by atoms with E-state index in [0.29, 0.717) is 11.2 Å². The molecule has 1 aliphatic rings. The molecule has 92 valence electrons. The van der Waals surface area contributed by atoms with Gasteiger partial charge in [0.25, 0.3) is 0 Å². The molecule has 0 saturated heterocycles. The van der Waals surface area contributed by atoms with E-state index in [1.807, 2.05) is 36.0 Å². The Balaban J connectivity index is 1.79. The second-order valence-corrected chi connectivity index (χ2v) is 6.30. The van der Waals surface area contributed by atoms with Crippen LogP contribution in [-0.4, -0.2) is 23.5 Å². The van der Waals surface area contributed by atoms with Gasteiger partial charge >= 0.3 is 0 Å². The van der Waals surface area contributed by atoms with Gasteiger partial charge in [-0.1, -0.05) is 12.1 Å². The first-order valence-corrected chi connectivity index (χ1v) is 7.40. The summed E-state index contributed by atoms with van der Waals surface area (Å²) in [5.74, 6) is 0.109. The molecule has 17 heavy (non-hydrogen) atoms. The van der Waals surface area contributed by atoms with Gasteiger partial charge in [0.2, 0.25) is 5.91 Å². The zero-order valence-corrected chi connectivity index (χ0v) is 11.6. The predicted octanol–water partition coefficient (Wildman–Crippen LogP) is 2.53. The molecule has 2 rings (SSSR count). The minimum atomic E-state index is 0.109. The molecule has 0 aromatic heterocycles. The van der Waals surface area contributed by atoms with Crippen LogP contribution >= 0.6 is 24.4 Å². The van der Waals surface area contributed by atoms with E-state index in [1.54, 1.807) is 0 Å². The standard InChI is InChI=1S/C13H17NOS2/c1-17-13(6-7-13)9-14-12(15)8-10-2-4-11(16)5-3-10/h2-5,16H,6-9H2,1H3,(H,14,15). The van der Waals surface area contributed by atoms with Gasteiger partial charge in [0, 0.05) is 16.2 Å². The maximum atomic E-state index is 11.7. The maximum Gasteiger partial charge on any atom is 0.224 e. The van der Waals surface area contributed by atoms with Crippen molar-refractivity contribution in [2.24, 2.45) is 0 Å². The van der Waals surface area contributed by atoms with E-state index >= 15 is 0 Å². The van der Waals surface area contributed by atoms with E-state index in [2.05, 4.69) is 24.2 Å². The Morgan fingerprint density at radius 1 is 1.41 bits per heavy atom. The van der Waals surface area contributed by atoms with Gasteiger partial charge in [-0.25, -0.2) is 0 Å². The highest BCUT2D eigenvalue weighted by Crippen LogP contribution is 2.46. The summed E-state index contributed by atoms with van der Waals surface area (Å²) >= 11 is 6.08.